The Morgan fingerprint density at radius 3 is 2.39 bits per heavy atom. The van der Waals surface area contributed by atoms with Crippen LogP contribution in [0.1, 0.15) is 44.9 Å². The van der Waals surface area contributed by atoms with E-state index in [1.54, 1.807) is 0 Å². The number of nitrogens with one attached hydrogen (secondary N) is 1. The van der Waals surface area contributed by atoms with Crippen molar-refractivity contribution in [3.63, 3.8) is 0 Å². The third-order valence-electron chi connectivity index (χ3n) is 5.32. The van der Waals surface area contributed by atoms with Crippen molar-refractivity contribution in [2.75, 3.05) is 6.54 Å². The van der Waals surface area contributed by atoms with E-state index in [1.165, 1.54) is 44.9 Å². The summed E-state index contributed by atoms with van der Waals surface area (Å²) in [6.45, 7) is 0.888. The molecule has 3 aliphatic carbocycles. The summed E-state index contributed by atoms with van der Waals surface area (Å²) in [6, 6.07) is 0.136. The van der Waals surface area contributed by atoms with Gasteiger partial charge in [0.25, 0.3) is 0 Å². The first-order valence-corrected chi connectivity index (χ1v) is 7.29. The highest BCUT2D eigenvalue weighted by Crippen LogP contribution is 2.47. The monoisotopic (exact) mass is 272 g/mol. The lowest BCUT2D eigenvalue weighted by Gasteiger charge is -2.27. The Kier molecular flexibility index (Phi) is 4.54. The lowest BCUT2D eigenvalue weighted by Crippen LogP contribution is -2.46. The van der Waals surface area contributed by atoms with Gasteiger partial charge in [0.15, 0.2) is 0 Å². The molecule has 3 nitrogen and oxygen atoms in total. The molecule has 0 heterocycles. The molecule has 3 saturated carbocycles. The van der Waals surface area contributed by atoms with Crippen molar-refractivity contribution in [3.8, 4) is 0 Å². The number of carbonyl (C=O) groups is 1. The maximum absolute atomic E-state index is 12.2. The number of carbonyl (C=O) groups excluding carboxylic acids is 1. The molecule has 0 aromatic heterocycles. The molecule has 104 valence electrons. The molecule has 1 amide bonds. The molecule has 4 atom stereocenters. The van der Waals surface area contributed by atoms with Crippen LogP contribution in [-0.4, -0.2) is 18.5 Å². The van der Waals surface area contributed by atoms with E-state index in [0.717, 1.165) is 12.5 Å². The maximum atomic E-state index is 12.2. The van der Waals surface area contributed by atoms with Crippen molar-refractivity contribution in [1.82, 2.24) is 5.32 Å². The molecule has 3 aliphatic rings. The van der Waals surface area contributed by atoms with E-state index in [2.05, 4.69) is 5.32 Å². The first kappa shape index (κ1) is 14.1. The SMILES string of the molecule is Cl.NC1C2CCC(C2)C1C(=O)NCC1CCCC1. The zero-order valence-electron chi connectivity index (χ0n) is 10.9. The summed E-state index contributed by atoms with van der Waals surface area (Å²) >= 11 is 0. The molecule has 0 radical (unpaired) electrons. The highest BCUT2D eigenvalue weighted by Gasteiger charge is 2.48. The van der Waals surface area contributed by atoms with Crippen molar-refractivity contribution >= 4 is 18.3 Å². The number of nitrogens with two attached hydrogens (primary N) is 1. The van der Waals surface area contributed by atoms with Crippen molar-refractivity contribution in [2.45, 2.75) is 51.0 Å². The number of hydrogen-bond acceptors (Lipinski definition) is 2. The molecule has 3 rings (SSSR count). The molecule has 4 heteroatoms. The number of fused-ring (bicyclic) bond motifs is 2. The molecule has 0 aliphatic heterocycles. The van der Waals surface area contributed by atoms with Crippen LogP contribution in [0.25, 0.3) is 0 Å². The second kappa shape index (κ2) is 5.79. The highest BCUT2D eigenvalue weighted by atomic mass is 35.5. The van der Waals surface area contributed by atoms with Crippen LogP contribution < -0.4 is 11.1 Å². The van der Waals surface area contributed by atoms with Gasteiger partial charge in [0, 0.05) is 12.6 Å². The minimum absolute atomic E-state index is 0. The van der Waals surface area contributed by atoms with Gasteiger partial charge in [0.1, 0.15) is 0 Å². The van der Waals surface area contributed by atoms with Crippen LogP contribution in [0.3, 0.4) is 0 Å². The first-order chi connectivity index (χ1) is 8.25. The summed E-state index contributed by atoms with van der Waals surface area (Å²) in [5, 5.41) is 3.16. The second-order valence-electron chi connectivity index (χ2n) is 6.33. The van der Waals surface area contributed by atoms with Crippen LogP contribution in [0.4, 0.5) is 0 Å². The minimum atomic E-state index is 0. The third kappa shape index (κ3) is 2.53. The number of hydrogen-bond donors (Lipinski definition) is 2. The fraction of sp³-hybridized carbons (Fsp3) is 0.929. The Bertz CT molecular complexity index is 302. The van der Waals surface area contributed by atoms with E-state index >= 15 is 0 Å². The molecule has 18 heavy (non-hydrogen) atoms. The zero-order chi connectivity index (χ0) is 11.8. The van der Waals surface area contributed by atoms with Crippen molar-refractivity contribution in [2.24, 2.45) is 29.4 Å². The maximum Gasteiger partial charge on any atom is 0.224 e. The van der Waals surface area contributed by atoms with Gasteiger partial charge < -0.3 is 11.1 Å². The quantitative estimate of drug-likeness (QED) is 0.827. The van der Waals surface area contributed by atoms with Crippen LogP contribution in [0.5, 0.6) is 0 Å². The number of amides is 1. The highest BCUT2D eigenvalue weighted by molar-refractivity contribution is 5.85. The minimum Gasteiger partial charge on any atom is -0.356 e. The summed E-state index contributed by atoms with van der Waals surface area (Å²) < 4.78 is 0. The Balaban J connectivity index is 0.00000120. The molecule has 3 N–H and O–H groups in total. The van der Waals surface area contributed by atoms with Gasteiger partial charge in [-0.15, -0.1) is 12.4 Å². The van der Waals surface area contributed by atoms with Crippen LogP contribution >= 0.6 is 12.4 Å². The van der Waals surface area contributed by atoms with Crippen LogP contribution in [0, 0.1) is 23.7 Å². The Morgan fingerprint density at radius 1 is 1.11 bits per heavy atom. The lowest BCUT2D eigenvalue weighted by atomic mass is 9.84. The molecular formula is C14H25ClN2O. The van der Waals surface area contributed by atoms with Crippen molar-refractivity contribution < 1.29 is 4.79 Å². The molecule has 0 aromatic rings. The van der Waals surface area contributed by atoms with E-state index in [-0.39, 0.29) is 30.3 Å². The molecule has 4 unspecified atom stereocenters. The summed E-state index contributed by atoms with van der Waals surface area (Å²) in [5.74, 6) is 2.31. The summed E-state index contributed by atoms with van der Waals surface area (Å²) in [6.07, 6.45) is 8.94. The second-order valence-corrected chi connectivity index (χ2v) is 6.33. The van der Waals surface area contributed by atoms with E-state index in [4.69, 9.17) is 5.73 Å². The Labute approximate surface area is 116 Å². The van der Waals surface area contributed by atoms with Gasteiger partial charge in [-0.05, 0) is 49.9 Å². The molecule has 2 bridgehead atoms. The molecular weight excluding hydrogens is 248 g/mol. The van der Waals surface area contributed by atoms with Gasteiger partial charge in [0.2, 0.25) is 5.91 Å². The Morgan fingerprint density at radius 2 is 1.78 bits per heavy atom. The van der Waals surface area contributed by atoms with Gasteiger partial charge in [-0.25, -0.2) is 0 Å². The lowest BCUT2D eigenvalue weighted by molar-refractivity contribution is -0.127. The molecule has 3 fully saturated rings. The average Bonchev–Trinajstić information content (AvgIpc) is 3.02. The van der Waals surface area contributed by atoms with E-state index < -0.39 is 0 Å². The van der Waals surface area contributed by atoms with Crippen molar-refractivity contribution in [3.05, 3.63) is 0 Å². The van der Waals surface area contributed by atoms with E-state index in [9.17, 15) is 4.79 Å². The van der Waals surface area contributed by atoms with E-state index in [1.807, 2.05) is 0 Å². The van der Waals surface area contributed by atoms with Gasteiger partial charge >= 0.3 is 0 Å². The van der Waals surface area contributed by atoms with Crippen LogP contribution in [0.15, 0.2) is 0 Å². The summed E-state index contributed by atoms with van der Waals surface area (Å²) in [4.78, 5) is 12.2. The number of halogens is 1. The van der Waals surface area contributed by atoms with Gasteiger partial charge in [-0.1, -0.05) is 12.8 Å². The standard InChI is InChI=1S/C14H24N2O.ClH/c15-13-11-6-5-10(7-11)12(13)14(17)16-8-9-3-1-2-4-9;/h9-13H,1-8,15H2,(H,16,17);1H. The first-order valence-electron chi connectivity index (χ1n) is 7.29. The molecule has 0 saturated heterocycles. The summed E-state index contributed by atoms with van der Waals surface area (Å²) in [7, 11) is 0. The Hall–Kier alpha value is -0.280. The third-order valence-corrected chi connectivity index (χ3v) is 5.32. The van der Waals surface area contributed by atoms with Crippen LogP contribution in [-0.2, 0) is 4.79 Å². The number of rotatable bonds is 3. The molecule has 0 aromatic carbocycles. The fourth-order valence-corrected chi connectivity index (χ4v) is 4.30. The zero-order valence-corrected chi connectivity index (χ0v) is 11.8. The van der Waals surface area contributed by atoms with Gasteiger partial charge in [-0.2, -0.15) is 0 Å². The van der Waals surface area contributed by atoms with Crippen LogP contribution in [0.2, 0.25) is 0 Å². The predicted octanol–water partition coefficient (Wildman–Crippen LogP) is 2.09. The largest absolute Gasteiger partial charge is 0.356 e. The molecule has 0 spiro atoms. The van der Waals surface area contributed by atoms with Crippen molar-refractivity contribution in [1.29, 1.82) is 0 Å². The predicted molar refractivity (Wildman–Crippen MR) is 74.5 cm³/mol. The normalized spacial score (nSPS) is 38.7. The average molecular weight is 273 g/mol. The van der Waals surface area contributed by atoms with Gasteiger partial charge in [0.05, 0.1) is 5.92 Å². The van der Waals surface area contributed by atoms with Gasteiger partial charge in [-0.3, -0.25) is 4.79 Å². The smallest absolute Gasteiger partial charge is 0.224 e. The topological polar surface area (TPSA) is 55.1 Å². The fourth-order valence-electron chi connectivity index (χ4n) is 4.30. The summed E-state index contributed by atoms with van der Waals surface area (Å²) in [5.41, 5.74) is 6.19. The van der Waals surface area contributed by atoms with E-state index in [0.29, 0.717) is 11.8 Å².